The molecule has 0 unspecified atom stereocenters. The fraction of sp³-hybridized carbons (Fsp3) is 0.0556. The van der Waals surface area contributed by atoms with E-state index in [9.17, 15) is 19.7 Å². The van der Waals surface area contributed by atoms with Crippen LogP contribution in [0.2, 0.25) is 0 Å². The van der Waals surface area contributed by atoms with Gasteiger partial charge >= 0.3 is 0 Å². The van der Waals surface area contributed by atoms with Crippen molar-refractivity contribution in [1.82, 2.24) is 4.90 Å². The number of amides is 2. The van der Waals surface area contributed by atoms with Crippen LogP contribution in [0.1, 0.15) is 5.56 Å². The van der Waals surface area contributed by atoms with Crippen molar-refractivity contribution in [2.45, 2.75) is 0 Å². The van der Waals surface area contributed by atoms with Crippen LogP contribution < -0.4 is 5.32 Å². The van der Waals surface area contributed by atoms with E-state index >= 15 is 0 Å². The number of benzene rings is 2. The van der Waals surface area contributed by atoms with Gasteiger partial charge in [0.2, 0.25) is 5.91 Å². The van der Waals surface area contributed by atoms with E-state index in [0.717, 1.165) is 21.8 Å². The van der Waals surface area contributed by atoms with Gasteiger partial charge in [0, 0.05) is 10.5 Å². The Morgan fingerprint density at radius 1 is 1.29 bits per heavy atom. The van der Waals surface area contributed by atoms with E-state index in [2.05, 4.69) is 21.2 Å². The number of thioether (sulfide) groups is 1. The fourth-order valence-electron chi connectivity index (χ4n) is 2.46. The van der Waals surface area contributed by atoms with E-state index in [1.165, 1.54) is 23.1 Å². The van der Waals surface area contributed by atoms with Gasteiger partial charge in [0.1, 0.15) is 16.6 Å². The van der Waals surface area contributed by atoms with Crippen LogP contribution in [0, 0.1) is 10.1 Å². The molecule has 1 heterocycles. The van der Waals surface area contributed by atoms with E-state index in [4.69, 9.17) is 12.2 Å². The Hall–Kier alpha value is -2.56. The van der Waals surface area contributed by atoms with E-state index in [-0.39, 0.29) is 28.1 Å². The lowest BCUT2D eigenvalue weighted by molar-refractivity contribution is -0.383. The second-order valence-corrected chi connectivity index (χ2v) is 8.24. The molecule has 1 saturated heterocycles. The molecule has 0 spiro atoms. The highest BCUT2D eigenvalue weighted by molar-refractivity contribution is 9.10. The van der Waals surface area contributed by atoms with Crippen LogP contribution in [0.5, 0.6) is 0 Å². The summed E-state index contributed by atoms with van der Waals surface area (Å²) in [4.78, 5) is 37.0. The minimum atomic E-state index is -0.587. The Kier molecular flexibility index (Phi) is 6.22. The van der Waals surface area contributed by atoms with Gasteiger partial charge in [-0.3, -0.25) is 24.6 Å². The van der Waals surface area contributed by atoms with Gasteiger partial charge in [-0.1, -0.05) is 64.2 Å². The summed E-state index contributed by atoms with van der Waals surface area (Å²) in [5, 5.41) is 13.5. The molecule has 0 aromatic heterocycles. The molecule has 1 aliphatic heterocycles. The summed E-state index contributed by atoms with van der Waals surface area (Å²) in [5.74, 6) is -0.956. The van der Waals surface area contributed by atoms with Gasteiger partial charge in [-0.05, 0) is 29.8 Å². The SMILES string of the molecule is O=C(CN1C(=O)/C(=C\c2cccc(Br)c2)SC1=S)Nc1ccccc1[N+](=O)[O-]. The molecule has 2 aromatic rings. The Bertz CT molecular complexity index is 1030. The monoisotopic (exact) mass is 477 g/mol. The fourth-order valence-corrected chi connectivity index (χ4v) is 4.13. The van der Waals surface area contributed by atoms with Crippen LogP contribution in [0.15, 0.2) is 57.9 Å². The van der Waals surface area contributed by atoms with Crippen molar-refractivity contribution in [2.75, 3.05) is 11.9 Å². The third-order valence-corrected chi connectivity index (χ3v) is 5.57. The predicted octanol–water partition coefficient (Wildman–Crippen LogP) is 4.20. The summed E-state index contributed by atoms with van der Waals surface area (Å²) in [6, 6.07) is 13.2. The van der Waals surface area contributed by atoms with Crippen LogP contribution >= 0.6 is 39.9 Å². The van der Waals surface area contributed by atoms with E-state index in [0.29, 0.717) is 4.91 Å². The number of nitrogens with zero attached hydrogens (tertiary/aromatic N) is 2. The molecule has 1 aliphatic rings. The lowest BCUT2D eigenvalue weighted by Gasteiger charge is -2.14. The zero-order valence-corrected chi connectivity index (χ0v) is 17.3. The first-order valence-electron chi connectivity index (χ1n) is 7.89. The van der Waals surface area contributed by atoms with Crippen molar-refractivity contribution < 1.29 is 14.5 Å². The number of nitrogens with one attached hydrogen (secondary N) is 1. The van der Waals surface area contributed by atoms with Crippen LogP contribution in [-0.2, 0) is 9.59 Å². The molecule has 3 rings (SSSR count). The first kappa shape index (κ1) is 20.2. The maximum Gasteiger partial charge on any atom is 0.292 e. The van der Waals surface area contributed by atoms with Gasteiger partial charge in [-0.25, -0.2) is 0 Å². The Labute approximate surface area is 178 Å². The highest BCUT2D eigenvalue weighted by Gasteiger charge is 2.33. The molecule has 1 N–H and O–H groups in total. The number of carbonyl (C=O) groups excluding carboxylic acids is 2. The van der Waals surface area contributed by atoms with Gasteiger partial charge in [0.15, 0.2) is 0 Å². The minimum Gasteiger partial charge on any atom is -0.319 e. The number of rotatable bonds is 5. The number of para-hydroxylation sites is 2. The standard InChI is InChI=1S/C18H12BrN3O4S2/c19-12-5-3-4-11(8-12)9-15-17(24)21(18(27)28-15)10-16(23)20-13-6-1-2-7-14(13)22(25)26/h1-9H,10H2,(H,20,23)/b15-9+. The van der Waals surface area contributed by atoms with Crippen molar-refractivity contribution in [3.05, 3.63) is 73.6 Å². The topological polar surface area (TPSA) is 92.6 Å². The average Bonchev–Trinajstić information content (AvgIpc) is 2.89. The summed E-state index contributed by atoms with van der Waals surface area (Å²) >= 11 is 9.69. The highest BCUT2D eigenvalue weighted by Crippen LogP contribution is 2.33. The number of hydrogen-bond donors (Lipinski definition) is 1. The summed E-state index contributed by atoms with van der Waals surface area (Å²) in [6.07, 6.45) is 1.70. The quantitative estimate of drug-likeness (QED) is 0.300. The molecule has 0 bridgehead atoms. The van der Waals surface area contributed by atoms with Crippen molar-refractivity contribution in [3.63, 3.8) is 0 Å². The Morgan fingerprint density at radius 3 is 2.75 bits per heavy atom. The zero-order chi connectivity index (χ0) is 20.3. The van der Waals surface area contributed by atoms with Crippen LogP contribution in [-0.4, -0.2) is 32.5 Å². The van der Waals surface area contributed by atoms with Gasteiger partial charge in [0.25, 0.3) is 11.6 Å². The van der Waals surface area contributed by atoms with Gasteiger partial charge in [-0.15, -0.1) is 0 Å². The van der Waals surface area contributed by atoms with E-state index in [1.54, 1.807) is 12.1 Å². The molecule has 10 heteroatoms. The van der Waals surface area contributed by atoms with Gasteiger partial charge in [0.05, 0.1) is 9.83 Å². The second kappa shape index (κ2) is 8.63. The van der Waals surface area contributed by atoms with E-state index in [1.807, 2.05) is 24.3 Å². The molecule has 2 aromatic carbocycles. The number of nitro groups is 1. The van der Waals surface area contributed by atoms with E-state index < -0.39 is 10.8 Å². The molecule has 7 nitrogen and oxygen atoms in total. The van der Waals surface area contributed by atoms with Crippen molar-refractivity contribution in [1.29, 1.82) is 0 Å². The maximum absolute atomic E-state index is 12.6. The number of nitro benzene ring substituents is 1. The van der Waals surface area contributed by atoms with Crippen LogP contribution in [0.3, 0.4) is 0 Å². The second-order valence-electron chi connectivity index (χ2n) is 5.65. The predicted molar refractivity (Wildman–Crippen MR) is 116 cm³/mol. The third-order valence-electron chi connectivity index (χ3n) is 3.70. The summed E-state index contributed by atoms with van der Waals surface area (Å²) in [6.45, 7) is -0.327. The third kappa shape index (κ3) is 4.64. The summed E-state index contributed by atoms with van der Waals surface area (Å²) in [5.41, 5.74) is 0.655. The molecule has 28 heavy (non-hydrogen) atoms. The number of carbonyl (C=O) groups is 2. The van der Waals surface area contributed by atoms with Crippen LogP contribution in [0.25, 0.3) is 6.08 Å². The van der Waals surface area contributed by atoms with Crippen LogP contribution in [0.4, 0.5) is 11.4 Å². The number of halogens is 1. The minimum absolute atomic E-state index is 0.0626. The number of hydrogen-bond acceptors (Lipinski definition) is 6. The summed E-state index contributed by atoms with van der Waals surface area (Å²) < 4.78 is 1.13. The van der Waals surface area contributed by atoms with Crippen molar-refractivity contribution >= 4 is 73.5 Å². The average molecular weight is 478 g/mol. The lowest BCUT2D eigenvalue weighted by atomic mass is 10.2. The first-order chi connectivity index (χ1) is 13.3. The number of anilines is 1. The lowest BCUT2D eigenvalue weighted by Crippen LogP contribution is -2.36. The molecular weight excluding hydrogens is 466 g/mol. The Balaban J connectivity index is 1.73. The van der Waals surface area contributed by atoms with Gasteiger partial charge in [-0.2, -0.15) is 0 Å². The normalized spacial score (nSPS) is 15.2. The molecular formula is C18H12BrN3O4S2. The molecule has 1 fully saturated rings. The molecule has 2 amide bonds. The molecule has 142 valence electrons. The zero-order valence-electron chi connectivity index (χ0n) is 14.1. The van der Waals surface area contributed by atoms with Gasteiger partial charge < -0.3 is 5.32 Å². The van der Waals surface area contributed by atoms with Crippen molar-refractivity contribution in [3.8, 4) is 0 Å². The maximum atomic E-state index is 12.6. The molecule has 0 atom stereocenters. The highest BCUT2D eigenvalue weighted by atomic mass is 79.9. The molecule has 0 aliphatic carbocycles. The first-order valence-corrected chi connectivity index (χ1v) is 9.91. The largest absolute Gasteiger partial charge is 0.319 e. The smallest absolute Gasteiger partial charge is 0.292 e. The van der Waals surface area contributed by atoms with Crippen molar-refractivity contribution in [2.24, 2.45) is 0 Å². The number of thiocarbonyl (C=S) groups is 1. The summed E-state index contributed by atoms with van der Waals surface area (Å²) in [7, 11) is 0. The molecule has 0 radical (unpaired) electrons. The Morgan fingerprint density at radius 2 is 2.04 bits per heavy atom. The molecule has 0 saturated carbocycles.